The summed E-state index contributed by atoms with van der Waals surface area (Å²) in [5.41, 5.74) is 2.00. The SMILES string of the molecule is Cc1ccc(S(=O)(=O)O)cc1CC1COC1. The summed E-state index contributed by atoms with van der Waals surface area (Å²) >= 11 is 0. The van der Waals surface area contributed by atoms with Gasteiger partial charge in [0.1, 0.15) is 0 Å². The standard InChI is InChI=1S/C11H14O4S/c1-8-2-3-11(16(12,13)14)5-10(8)4-9-6-15-7-9/h2-3,5,9H,4,6-7H2,1H3,(H,12,13,14). The van der Waals surface area contributed by atoms with Crippen LogP contribution in [0.3, 0.4) is 0 Å². The quantitative estimate of drug-likeness (QED) is 0.814. The zero-order valence-corrected chi connectivity index (χ0v) is 9.83. The molecule has 2 rings (SSSR count). The molecule has 1 aromatic carbocycles. The second-order valence-corrected chi connectivity index (χ2v) is 5.59. The van der Waals surface area contributed by atoms with Crippen LogP contribution in [0.1, 0.15) is 11.1 Å². The third-order valence-corrected chi connectivity index (χ3v) is 3.68. The molecule has 0 aliphatic carbocycles. The van der Waals surface area contributed by atoms with Gasteiger partial charge in [0, 0.05) is 5.92 Å². The van der Waals surface area contributed by atoms with Gasteiger partial charge in [0.25, 0.3) is 10.1 Å². The lowest BCUT2D eigenvalue weighted by Crippen LogP contribution is -2.29. The minimum Gasteiger partial charge on any atom is -0.381 e. The van der Waals surface area contributed by atoms with Gasteiger partial charge in [-0.2, -0.15) is 8.42 Å². The van der Waals surface area contributed by atoms with Gasteiger partial charge >= 0.3 is 0 Å². The van der Waals surface area contributed by atoms with E-state index in [-0.39, 0.29) is 4.90 Å². The summed E-state index contributed by atoms with van der Waals surface area (Å²) in [7, 11) is -4.10. The van der Waals surface area contributed by atoms with E-state index in [0.29, 0.717) is 5.92 Å². The van der Waals surface area contributed by atoms with Gasteiger partial charge in [-0.05, 0) is 36.6 Å². The molecule has 1 N–H and O–H groups in total. The van der Waals surface area contributed by atoms with E-state index in [2.05, 4.69) is 0 Å². The lowest BCUT2D eigenvalue weighted by Gasteiger charge is -2.26. The molecule has 0 radical (unpaired) electrons. The zero-order chi connectivity index (χ0) is 11.8. The summed E-state index contributed by atoms with van der Waals surface area (Å²) in [5.74, 6) is 0.468. The first-order valence-corrected chi connectivity index (χ1v) is 6.55. The molecule has 88 valence electrons. The van der Waals surface area contributed by atoms with Crippen LogP contribution >= 0.6 is 0 Å². The van der Waals surface area contributed by atoms with Crippen LogP contribution in [-0.4, -0.2) is 26.2 Å². The Morgan fingerprint density at radius 1 is 1.44 bits per heavy atom. The predicted octanol–water partition coefficient (Wildman–Crippen LogP) is 1.43. The van der Waals surface area contributed by atoms with Gasteiger partial charge in [0.05, 0.1) is 18.1 Å². The van der Waals surface area contributed by atoms with E-state index in [1.54, 1.807) is 12.1 Å². The number of benzene rings is 1. The summed E-state index contributed by atoms with van der Waals surface area (Å²) in [6.45, 7) is 3.40. The fourth-order valence-corrected chi connectivity index (χ4v) is 2.27. The number of aryl methyl sites for hydroxylation is 1. The minimum atomic E-state index is -4.10. The molecule has 0 bridgehead atoms. The van der Waals surface area contributed by atoms with Crippen molar-refractivity contribution in [3.05, 3.63) is 29.3 Å². The summed E-state index contributed by atoms with van der Waals surface area (Å²) in [4.78, 5) is -0.0339. The van der Waals surface area contributed by atoms with Gasteiger partial charge in [0.15, 0.2) is 0 Å². The molecular formula is C11H14O4S. The van der Waals surface area contributed by atoms with Crippen molar-refractivity contribution < 1.29 is 17.7 Å². The largest absolute Gasteiger partial charge is 0.381 e. The van der Waals surface area contributed by atoms with Crippen molar-refractivity contribution >= 4 is 10.1 Å². The first kappa shape index (κ1) is 11.6. The maximum atomic E-state index is 11.0. The van der Waals surface area contributed by atoms with Crippen LogP contribution in [0.25, 0.3) is 0 Å². The molecule has 1 aliphatic heterocycles. The molecular weight excluding hydrogens is 228 g/mol. The third-order valence-electron chi connectivity index (χ3n) is 2.83. The Bertz CT molecular complexity index is 489. The van der Waals surface area contributed by atoms with Crippen molar-refractivity contribution in [2.45, 2.75) is 18.2 Å². The zero-order valence-electron chi connectivity index (χ0n) is 9.01. The first-order chi connectivity index (χ1) is 7.47. The summed E-state index contributed by atoms with van der Waals surface area (Å²) < 4.78 is 36.0. The number of hydrogen-bond acceptors (Lipinski definition) is 3. The van der Waals surface area contributed by atoms with Gasteiger partial charge < -0.3 is 4.74 Å². The third kappa shape index (κ3) is 2.42. The molecule has 0 saturated carbocycles. The van der Waals surface area contributed by atoms with Crippen LogP contribution in [0.5, 0.6) is 0 Å². The highest BCUT2D eigenvalue weighted by atomic mass is 32.2. The van der Waals surface area contributed by atoms with Crippen LogP contribution in [0.4, 0.5) is 0 Å². The maximum absolute atomic E-state index is 11.0. The van der Waals surface area contributed by atoms with E-state index in [0.717, 1.165) is 30.8 Å². The molecule has 0 atom stereocenters. The fraction of sp³-hybridized carbons (Fsp3) is 0.455. The highest BCUT2D eigenvalue weighted by Crippen LogP contribution is 2.22. The molecule has 4 nitrogen and oxygen atoms in total. The van der Waals surface area contributed by atoms with Crippen LogP contribution in [-0.2, 0) is 21.3 Å². The molecule has 1 heterocycles. The van der Waals surface area contributed by atoms with Crippen molar-refractivity contribution in [1.82, 2.24) is 0 Å². The smallest absolute Gasteiger partial charge is 0.294 e. The van der Waals surface area contributed by atoms with E-state index in [4.69, 9.17) is 9.29 Å². The number of hydrogen-bond donors (Lipinski definition) is 1. The van der Waals surface area contributed by atoms with Crippen LogP contribution in [0, 0.1) is 12.8 Å². The lowest BCUT2D eigenvalue weighted by molar-refractivity contribution is -0.0313. The average molecular weight is 242 g/mol. The van der Waals surface area contributed by atoms with Crippen LogP contribution in [0.15, 0.2) is 23.1 Å². The summed E-state index contributed by atoms with van der Waals surface area (Å²) in [6.07, 6.45) is 0.801. The molecule has 16 heavy (non-hydrogen) atoms. The van der Waals surface area contributed by atoms with E-state index in [1.807, 2.05) is 6.92 Å². The highest BCUT2D eigenvalue weighted by Gasteiger charge is 2.20. The number of ether oxygens (including phenoxy) is 1. The highest BCUT2D eigenvalue weighted by molar-refractivity contribution is 7.85. The maximum Gasteiger partial charge on any atom is 0.294 e. The van der Waals surface area contributed by atoms with Gasteiger partial charge in [-0.3, -0.25) is 4.55 Å². The average Bonchev–Trinajstić information content (AvgIpc) is 2.11. The second kappa shape index (κ2) is 4.16. The molecule has 1 fully saturated rings. The van der Waals surface area contributed by atoms with Gasteiger partial charge in [-0.1, -0.05) is 6.07 Å². The van der Waals surface area contributed by atoms with Gasteiger partial charge in [-0.25, -0.2) is 0 Å². The fourth-order valence-electron chi connectivity index (χ4n) is 1.74. The molecule has 0 spiro atoms. The molecule has 1 aromatic rings. The molecule has 5 heteroatoms. The first-order valence-electron chi connectivity index (χ1n) is 5.11. The Hall–Kier alpha value is -0.910. The number of rotatable bonds is 3. The topological polar surface area (TPSA) is 63.6 Å². The van der Waals surface area contributed by atoms with Crippen molar-refractivity contribution in [3.8, 4) is 0 Å². The van der Waals surface area contributed by atoms with Crippen molar-refractivity contribution in [2.24, 2.45) is 5.92 Å². The van der Waals surface area contributed by atoms with E-state index in [9.17, 15) is 8.42 Å². The Labute approximate surface area is 95.0 Å². The molecule has 0 aromatic heterocycles. The monoisotopic (exact) mass is 242 g/mol. The second-order valence-electron chi connectivity index (χ2n) is 4.17. The Kier molecular flexibility index (Phi) is 3.01. The molecule has 1 saturated heterocycles. The van der Waals surface area contributed by atoms with Crippen LogP contribution < -0.4 is 0 Å². The van der Waals surface area contributed by atoms with Crippen molar-refractivity contribution in [2.75, 3.05) is 13.2 Å². The van der Waals surface area contributed by atoms with Crippen LogP contribution in [0.2, 0.25) is 0 Å². The Morgan fingerprint density at radius 3 is 2.62 bits per heavy atom. The van der Waals surface area contributed by atoms with Gasteiger partial charge in [0.2, 0.25) is 0 Å². The molecule has 0 unspecified atom stereocenters. The van der Waals surface area contributed by atoms with E-state index in [1.165, 1.54) is 6.07 Å². The van der Waals surface area contributed by atoms with Crippen molar-refractivity contribution in [3.63, 3.8) is 0 Å². The van der Waals surface area contributed by atoms with Gasteiger partial charge in [-0.15, -0.1) is 0 Å². The van der Waals surface area contributed by atoms with E-state index < -0.39 is 10.1 Å². The molecule has 0 amide bonds. The minimum absolute atomic E-state index is 0.0339. The lowest BCUT2D eigenvalue weighted by atomic mass is 9.95. The Balaban J connectivity index is 2.28. The summed E-state index contributed by atoms with van der Waals surface area (Å²) in [5, 5.41) is 0. The Morgan fingerprint density at radius 2 is 2.12 bits per heavy atom. The summed E-state index contributed by atoms with van der Waals surface area (Å²) in [6, 6.07) is 4.69. The van der Waals surface area contributed by atoms with Crippen molar-refractivity contribution in [1.29, 1.82) is 0 Å². The normalized spacial score (nSPS) is 17.1. The predicted molar refractivity (Wildman–Crippen MR) is 59.0 cm³/mol. The molecule has 1 aliphatic rings. The van der Waals surface area contributed by atoms with E-state index >= 15 is 0 Å².